The number of rotatable bonds is 6. The van der Waals surface area contributed by atoms with Gasteiger partial charge in [0.25, 0.3) is 5.56 Å². The summed E-state index contributed by atoms with van der Waals surface area (Å²) < 4.78 is 29.7. The molecule has 2 aromatic heterocycles. The van der Waals surface area contributed by atoms with Gasteiger partial charge in [-0.15, -0.1) is 0 Å². The molecule has 34 heavy (non-hydrogen) atoms. The molecule has 4 rings (SSSR count). The molecule has 0 bridgehead atoms. The van der Waals surface area contributed by atoms with Crippen molar-refractivity contribution in [1.29, 1.82) is 5.26 Å². The van der Waals surface area contributed by atoms with Crippen LogP contribution in [0, 0.1) is 29.9 Å². The van der Waals surface area contributed by atoms with Gasteiger partial charge in [-0.3, -0.25) is 24.3 Å². The average molecular weight is 468 g/mol. The van der Waals surface area contributed by atoms with E-state index in [1.165, 1.54) is 6.20 Å². The summed E-state index contributed by atoms with van der Waals surface area (Å²) in [6.45, 7) is 2.97. The van der Waals surface area contributed by atoms with Crippen molar-refractivity contribution < 1.29 is 8.78 Å². The molecule has 10 nitrogen and oxygen atoms in total. The Bertz CT molecular complexity index is 1420. The lowest BCUT2D eigenvalue weighted by atomic mass is 10.1. The van der Waals surface area contributed by atoms with Crippen LogP contribution >= 0.6 is 0 Å². The van der Waals surface area contributed by atoms with Crippen molar-refractivity contribution in [3.63, 3.8) is 0 Å². The Morgan fingerprint density at radius 3 is 2.50 bits per heavy atom. The molecule has 3 heterocycles. The lowest BCUT2D eigenvalue weighted by molar-refractivity contribution is 0.168. The Balaban J connectivity index is 2.05. The van der Waals surface area contributed by atoms with Gasteiger partial charge in [-0.1, -0.05) is 0 Å². The van der Waals surface area contributed by atoms with Crippen LogP contribution in [0.1, 0.15) is 17.7 Å². The van der Waals surface area contributed by atoms with E-state index in [1.54, 1.807) is 19.2 Å². The number of hydrogen-bond acceptors (Lipinski definition) is 8. The maximum absolute atomic E-state index is 14.1. The Morgan fingerprint density at radius 2 is 1.88 bits per heavy atom. The molecule has 0 spiro atoms. The molecule has 4 N–H and O–H groups in total. The van der Waals surface area contributed by atoms with E-state index in [-0.39, 0.29) is 41.5 Å². The van der Waals surface area contributed by atoms with Gasteiger partial charge in [0.05, 0.1) is 35.0 Å². The fourth-order valence-electron chi connectivity index (χ4n) is 3.84. The molecule has 1 aliphatic rings. The van der Waals surface area contributed by atoms with Crippen LogP contribution in [0.2, 0.25) is 0 Å². The van der Waals surface area contributed by atoms with Crippen LogP contribution in [0.5, 0.6) is 0 Å². The number of pyridine rings is 1. The van der Waals surface area contributed by atoms with Crippen LogP contribution in [-0.2, 0) is 13.1 Å². The predicted octanol–water partition coefficient (Wildman–Crippen LogP) is 1.30. The SMILES string of the molecule is Cc1cncc(-n2c(=O)c(N(N)c3cc(F)c(F)cc3N)c(CN3CCC3)n(CC#N)c2=O)c1. The molecule has 1 aromatic carbocycles. The second-order valence-electron chi connectivity index (χ2n) is 8.01. The summed E-state index contributed by atoms with van der Waals surface area (Å²) in [7, 11) is 0. The fraction of sp³-hybridized carbons (Fsp3) is 0.273. The zero-order valence-electron chi connectivity index (χ0n) is 18.3. The summed E-state index contributed by atoms with van der Waals surface area (Å²) in [6.07, 6.45) is 3.82. The van der Waals surface area contributed by atoms with E-state index in [1.807, 2.05) is 11.0 Å². The highest BCUT2D eigenvalue weighted by Crippen LogP contribution is 2.30. The van der Waals surface area contributed by atoms with Gasteiger partial charge in [-0.25, -0.2) is 24.0 Å². The van der Waals surface area contributed by atoms with Crippen molar-refractivity contribution in [2.45, 2.75) is 26.4 Å². The Morgan fingerprint density at radius 1 is 1.18 bits per heavy atom. The number of nitrogens with two attached hydrogens (primary N) is 2. The molecular weight excluding hydrogens is 446 g/mol. The number of aromatic nitrogens is 3. The molecule has 0 atom stereocenters. The second kappa shape index (κ2) is 9.05. The van der Waals surface area contributed by atoms with Crippen molar-refractivity contribution in [3.8, 4) is 11.8 Å². The van der Waals surface area contributed by atoms with E-state index in [9.17, 15) is 23.6 Å². The first-order valence-corrected chi connectivity index (χ1v) is 10.4. The van der Waals surface area contributed by atoms with E-state index < -0.39 is 22.9 Å². The zero-order valence-corrected chi connectivity index (χ0v) is 18.3. The third-order valence-electron chi connectivity index (χ3n) is 5.67. The van der Waals surface area contributed by atoms with E-state index >= 15 is 0 Å². The smallest absolute Gasteiger partial charge is 0.336 e. The van der Waals surface area contributed by atoms with Gasteiger partial charge >= 0.3 is 5.69 Å². The Kier molecular flexibility index (Phi) is 6.14. The predicted molar refractivity (Wildman–Crippen MR) is 121 cm³/mol. The van der Waals surface area contributed by atoms with E-state index in [4.69, 9.17) is 11.6 Å². The molecule has 176 valence electrons. The first-order valence-electron chi connectivity index (χ1n) is 10.4. The fourth-order valence-corrected chi connectivity index (χ4v) is 3.84. The molecule has 0 aliphatic carbocycles. The second-order valence-corrected chi connectivity index (χ2v) is 8.01. The summed E-state index contributed by atoms with van der Waals surface area (Å²) in [6, 6.07) is 5.05. The highest BCUT2D eigenvalue weighted by Gasteiger charge is 2.28. The van der Waals surface area contributed by atoms with Gasteiger partial charge in [0.2, 0.25) is 0 Å². The quantitative estimate of drug-likeness (QED) is 0.314. The molecule has 0 amide bonds. The van der Waals surface area contributed by atoms with Gasteiger partial charge in [0.1, 0.15) is 12.2 Å². The number of hydrazine groups is 1. The van der Waals surface area contributed by atoms with Gasteiger partial charge in [-0.05, 0) is 38.1 Å². The normalized spacial score (nSPS) is 13.4. The molecule has 0 saturated carbocycles. The molecule has 1 aliphatic heterocycles. The van der Waals surface area contributed by atoms with Crippen LogP contribution in [-0.4, -0.2) is 32.1 Å². The minimum Gasteiger partial charge on any atom is -0.397 e. The lowest BCUT2D eigenvalue weighted by Crippen LogP contribution is -2.47. The first kappa shape index (κ1) is 23.1. The van der Waals surface area contributed by atoms with Gasteiger partial charge in [-0.2, -0.15) is 5.26 Å². The molecular formula is C22H22F2N8O2. The highest BCUT2D eigenvalue weighted by molar-refractivity contribution is 5.74. The van der Waals surface area contributed by atoms with Crippen molar-refractivity contribution in [3.05, 3.63) is 74.3 Å². The molecule has 12 heteroatoms. The molecule has 0 unspecified atom stereocenters. The first-order chi connectivity index (χ1) is 16.2. The zero-order chi connectivity index (χ0) is 24.6. The van der Waals surface area contributed by atoms with E-state index in [0.29, 0.717) is 5.56 Å². The van der Waals surface area contributed by atoms with Gasteiger partial charge < -0.3 is 5.73 Å². The summed E-state index contributed by atoms with van der Waals surface area (Å²) in [5, 5.41) is 10.3. The molecule has 1 fully saturated rings. The van der Waals surface area contributed by atoms with Crippen molar-refractivity contribution in [2.24, 2.45) is 5.84 Å². The summed E-state index contributed by atoms with van der Waals surface area (Å²) in [5.74, 6) is 3.90. The molecule has 3 aromatic rings. The Labute approximate surface area is 192 Å². The third-order valence-corrected chi connectivity index (χ3v) is 5.67. The molecule has 0 radical (unpaired) electrons. The van der Waals surface area contributed by atoms with E-state index in [0.717, 1.165) is 45.8 Å². The maximum Gasteiger partial charge on any atom is 0.336 e. The minimum absolute atomic E-state index is 0.145. The third kappa shape index (κ3) is 4.02. The summed E-state index contributed by atoms with van der Waals surface area (Å²) in [5.41, 5.74) is 4.78. The van der Waals surface area contributed by atoms with Crippen LogP contribution in [0.25, 0.3) is 5.69 Å². The van der Waals surface area contributed by atoms with Gasteiger partial charge in [0, 0.05) is 24.9 Å². The average Bonchev–Trinajstić information content (AvgIpc) is 2.75. The largest absolute Gasteiger partial charge is 0.397 e. The standard InChI is InChI=1S/C22H22F2N8O2/c1-13-7-14(11-28-10-13)31-21(33)20(32(27)18-9-16(24)15(23)8-17(18)26)19(12-29-4-2-5-29)30(6-3-25)22(31)34/h7-11H,2,4-6,12,26-27H2,1H3. The van der Waals surface area contributed by atoms with E-state index in [2.05, 4.69) is 4.98 Å². The van der Waals surface area contributed by atoms with Crippen LogP contribution in [0.15, 0.2) is 40.2 Å². The number of hydrogen-bond donors (Lipinski definition) is 2. The van der Waals surface area contributed by atoms with Crippen LogP contribution in [0.4, 0.5) is 25.8 Å². The summed E-state index contributed by atoms with van der Waals surface area (Å²) >= 11 is 0. The maximum atomic E-state index is 14.1. The number of aryl methyl sites for hydroxylation is 1. The minimum atomic E-state index is -1.21. The van der Waals surface area contributed by atoms with Crippen LogP contribution in [0.3, 0.4) is 0 Å². The number of benzene rings is 1. The lowest BCUT2D eigenvalue weighted by Gasteiger charge is -2.33. The topological polar surface area (TPSA) is 139 Å². The Hall–Kier alpha value is -4.08. The number of halogens is 2. The summed E-state index contributed by atoms with van der Waals surface area (Å²) in [4.78, 5) is 33.2. The number of nitrogens with zero attached hydrogens (tertiary/aromatic N) is 6. The van der Waals surface area contributed by atoms with Gasteiger partial charge in [0.15, 0.2) is 11.6 Å². The molecule has 1 saturated heterocycles. The highest BCUT2D eigenvalue weighted by atomic mass is 19.2. The number of nitrogen functional groups attached to an aromatic ring is 1. The number of anilines is 3. The van der Waals surface area contributed by atoms with Crippen molar-refractivity contribution in [1.82, 2.24) is 19.0 Å². The van der Waals surface area contributed by atoms with Crippen molar-refractivity contribution in [2.75, 3.05) is 23.8 Å². The van der Waals surface area contributed by atoms with Crippen molar-refractivity contribution >= 4 is 17.1 Å². The van der Waals surface area contributed by atoms with Crippen LogP contribution < -0.4 is 27.8 Å². The number of nitriles is 1. The monoisotopic (exact) mass is 468 g/mol. The number of likely N-dealkylation sites (tertiary alicyclic amines) is 1.